The molecule has 0 aliphatic rings. The van der Waals surface area contributed by atoms with E-state index in [0.29, 0.717) is 5.69 Å². The maximum atomic E-state index is 12.8. The van der Waals surface area contributed by atoms with Crippen LogP contribution in [0, 0.1) is 5.82 Å². The molecule has 0 heterocycles. The van der Waals surface area contributed by atoms with Crippen molar-refractivity contribution in [3.05, 3.63) is 59.9 Å². The molecule has 24 heavy (non-hydrogen) atoms. The Morgan fingerprint density at radius 2 is 1.58 bits per heavy atom. The highest BCUT2D eigenvalue weighted by Gasteiger charge is 2.08. The highest BCUT2D eigenvalue weighted by molar-refractivity contribution is 8.00. The third kappa shape index (κ3) is 5.70. The van der Waals surface area contributed by atoms with Crippen molar-refractivity contribution in [1.29, 1.82) is 0 Å². The van der Waals surface area contributed by atoms with Gasteiger partial charge in [0.05, 0.1) is 11.5 Å². The topological polar surface area (TPSA) is 58.2 Å². The summed E-state index contributed by atoms with van der Waals surface area (Å²) in [5.41, 5.74) is 2.41. The van der Waals surface area contributed by atoms with Crippen LogP contribution in [0.15, 0.2) is 48.5 Å². The van der Waals surface area contributed by atoms with Crippen molar-refractivity contribution in [2.24, 2.45) is 0 Å². The molecule has 4 nitrogen and oxygen atoms in total. The average molecular weight is 346 g/mol. The number of hydrogen-bond donors (Lipinski definition) is 2. The lowest BCUT2D eigenvalue weighted by Gasteiger charge is -2.09. The monoisotopic (exact) mass is 346 g/mol. The van der Waals surface area contributed by atoms with Gasteiger partial charge < -0.3 is 10.6 Å². The lowest BCUT2D eigenvalue weighted by Crippen LogP contribution is -2.19. The Morgan fingerprint density at radius 1 is 0.958 bits per heavy atom. The second kappa shape index (κ2) is 9.08. The van der Waals surface area contributed by atoms with Crippen molar-refractivity contribution in [1.82, 2.24) is 0 Å². The summed E-state index contributed by atoms with van der Waals surface area (Å²) in [5, 5.41) is 5.51. The Hall–Kier alpha value is -2.34. The summed E-state index contributed by atoms with van der Waals surface area (Å²) in [4.78, 5) is 23.7. The molecule has 6 heteroatoms. The van der Waals surface area contributed by atoms with Crippen molar-refractivity contribution < 1.29 is 14.0 Å². The predicted molar refractivity (Wildman–Crippen MR) is 96.8 cm³/mol. The molecular weight excluding hydrogens is 327 g/mol. The number of benzene rings is 2. The normalized spacial score (nSPS) is 10.2. The molecule has 0 bridgehead atoms. The van der Waals surface area contributed by atoms with E-state index in [9.17, 15) is 14.0 Å². The van der Waals surface area contributed by atoms with E-state index in [1.807, 2.05) is 31.2 Å². The van der Waals surface area contributed by atoms with E-state index in [2.05, 4.69) is 10.6 Å². The maximum Gasteiger partial charge on any atom is 0.234 e. The number of para-hydroxylation sites is 1. The molecular formula is C18H19FN2O2S. The zero-order chi connectivity index (χ0) is 17.4. The van der Waals surface area contributed by atoms with Gasteiger partial charge >= 0.3 is 0 Å². The van der Waals surface area contributed by atoms with Crippen LogP contribution in [0.25, 0.3) is 0 Å². The first-order chi connectivity index (χ1) is 11.6. The molecule has 0 radical (unpaired) electrons. The Morgan fingerprint density at radius 3 is 2.25 bits per heavy atom. The molecule has 2 N–H and O–H groups in total. The molecule has 0 aliphatic carbocycles. The van der Waals surface area contributed by atoms with Crippen molar-refractivity contribution in [2.45, 2.75) is 13.3 Å². The van der Waals surface area contributed by atoms with Crippen LogP contribution in [-0.4, -0.2) is 23.3 Å². The van der Waals surface area contributed by atoms with E-state index >= 15 is 0 Å². The minimum Gasteiger partial charge on any atom is -0.325 e. The van der Waals surface area contributed by atoms with Gasteiger partial charge in [0, 0.05) is 11.4 Å². The molecule has 0 saturated carbocycles. The van der Waals surface area contributed by atoms with Gasteiger partial charge in [-0.15, -0.1) is 11.8 Å². The van der Waals surface area contributed by atoms with Crippen LogP contribution < -0.4 is 10.6 Å². The number of halogens is 1. The van der Waals surface area contributed by atoms with Crippen LogP contribution in [0.2, 0.25) is 0 Å². The molecule has 0 fully saturated rings. The molecule has 126 valence electrons. The fraction of sp³-hybridized carbons (Fsp3) is 0.222. The van der Waals surface area contributed by atoms with Gasteiger partial charge in [-0.25, -0.2) is 4.39 Å². The van der Waals surface area contributed by atoms with Crippen LogP contribution in [0.5, 0.6) is 0 Å². The highest BCUT2D eigenvalue weighted by atomic mass is 32.2. The fourth-order valence-electron chi connectivity index (χ4n) is 2.10. The van der Waals surface area contributed by atoms with Crippen molar-refractivity contribution in [3.63, 3.8) is 0 Å². The summed E-state index contributed by atoms with van der Waals surface area (Å²) >= 11 is 1.23. The number of rotatable bonds is 7. The summed E-state index contributed by atoms with van der Waals surface area (Å²) in [6.07, 6.45) is 0.837. The quantitative estimate of drug-likeness (QED) is 0.804. The minimum absolute atomic E-state index is 0.143. The smallest absolute Gasteiger partial charge is 0.234 e. The van der Waals surface area contributed by atoms with E-state index in [4.69, 9.17) is 0 Å². The van der Waals surface area contributed by atoms with Crippen molar-refractivity contribution >= 4 is 35.0 Å². The van der Waals surface area contributed by atoms with E-state index in [1.165, 1.54) is 36.0 Å². The number of carbonyl (C=O) groups is 2. The maximum absolute atomic E-state index is 12.8. The number of aryl methyl sites for hydroxylation is 1. The first kappa shape index (κ1) is 18.0. The van der Waals surface area contributed by atoms with Crippen LogP contribution in [-0.2, 0) is 16.0 Å². The predicted octanol–water partition coefficient (Wildman–Crippen LogP) is 3.70. The minimum atomic E-state index is -0.355. The lowest BCUT2D eigenvalue weighted by atomic mass is 10.1. The molecule has 0 saturated heterocycles. The van der Waals surface area contributed by atoms with E-state index < -0.39 is 0 Å². The summed E-state index contributed by atoms with van der Waals surface area (Å²) in [7, 11) is 0. The summed E-state index contributed by atoms with van der Waals surface area (Å²) < 4.78 is 12.8. The molecule has 0 atom stereocenters. The second-order valence-electron chi connectivity index (χ2n) is 5.11. The number of amides is 2. The molecule has 0 spiro atoms. The van der Waals surface area contributed by atoms with Crippen LogP contribution in [0.4, 0.5) is 15.8 Å². The molecule has 0 aliphatic heterocycles. The van der Waals surface area contributed by atoms with Gasteiger partial charge in [-0.05, 0) is 42.3 Å². The molecule has 2 amide bonds. The zero-order valence-electron chi connectivity index (χ0n) is 13.3. The number of hydrogen-bond acceptors (Lipinski definition) is 3. The molecule has 2 rings (SSSR count). The summed E-state index contributed by atoms with van der Waals surface area (Å²) in [5.74, 6) is -0.384. The Balaban J connectivity index is 1.74. The van der Waals surface area contributed by atoms with Gasteiger partial charge in [0.1, 0.15) is 5.82 Å². The number of thioether (sulfide) groups is 1. The van der Waals surface area contributed by atoms with Crippen LogP contribution in [0.3, 0.4) is 0 Å². The van der Waals surface area contributed by atoms with E-state index in [0.717, 1.165) is 17.7 Å². The average Bonchev–Trinajstić information content (AvgIpc) is 2.57. The highest BCUT2D eigenvalue weighted by Crippen LogP contribution is 2.16. The van der Waals surface area contributed by atoms with Gasteiger partial charge in [0.15, 0.2) is 0 Å². The van der Waals surface area contributed by atoms with Crippen molar-refractivity contribution in [2.75, 3.05) is 22.1 Å². The van der Waals surface area contributed by atoms with Gasteiger partial charge in [-0.2, -0.15) is 0 Å². The molecule has 2 aromatic carbocycles. The third-order valence-corrected chi connectivity index (χ3v) is 4.20. The first-order valence-electron chi connectivity index (χ1n) is 7.59. The summed E-state index contributed by atoms with van der Waals surface area (Å²) in [6.45, 7) is 2.03. The van der Waals surface area contributed by atoms with Gasteiger partial charge in [-0.1, -0.05) is 25.1 Å². The lowest BCUT2D eigenvalue weighted by molar-refractivity contribution is -0.114. The Labute approximate surface area is 144 Å². The third-order valence-electron chi connectivity index (χ3n) is 3.27. The van der Waals surface area contributed by atoms with Gasteiger partial charge in [-0.3, -0.25) is 9.59 Å². The number of carbonyl (C=O) groups excluding carboxylic acids is 2. The zero-order valence-corrected chi connectivity index (χ0v) is 14.2. The van der Waals surface area contributed by atoms with Crippen LogP contribution >= 0.6 is 11.8 Å². The number of nitrogens with one attached hydrogen (secondary N) is 2. The van der Waals surface area contributed by atoms with Gasteiger partial charge in [0.25, 0.3) is 0 Å². The largest absolute Gasteiger partial charge is 0.325 e. The number of anilines is 2. The molecule has 2 aromatic rings. The Kier molecular flexibility index (Phi) is 6.81. The summed E-state index contributed by atoms with van der Waals surface area (Å²) in [6, 6.07) is 13.2. The second-order valence-corrected chi connectivity index (χ2v) is 6.09. The Bertz CT molecular complexity index is 704. The molecule has 0 unspecified atom stereocenters. The van der Waals surface area contributed by atoms with Gasteiger partial charge in [0.2, 0.25) is 11.8 Å². The van der Waals surface area contributed by atoms with E-state index in [1.54, 1.807) is 0 Å². The van der Waals surface area contributed by atoms with Crippen LogP contribution in [0.1, 0.15) is 12.5 Å². The SMILES string of the molecule is CCc1ccccc1NC(=O)CSCC(=O)Nc1ccc(F)cc1. The molecule has 0 aromatic heterocycles. The fourth-order valence-corrected chi connectivity index (χ4v) is 2.72. The van der Waals surface area contributed by atoms with E-state index in [-0.39, 0.29) is 29.1 Å². The van der Waals surface area contributed by atoms with Crippen molar-refractivity contribution in [3.8, 4) is 0 Å². The first-order valence-corrected chi connectivity index (χ1v) is 8.75. The standard InChI is InChI=1S/C18H19FN2O2S/c1-2-13-5-3-4-6-16(13)21-18(23)12-24-11-17(22)20-15-9-7-14(19)8-10-15/h3-10H,2,11-12H2,1H3,(H,20,22)(H,21,23).